The molecule has 8 N–H and O–H groups in total. The van der Waals surface area contributed by atoms with Crippen molar-refractivity contribution in [3.63, 3.8) is 0 Å². The molecular weight excluding hydrogens is 1920 g/mol. The van der Waals surface area contributed by atoms with E-state index < -0.39 is 89.6 Å². The summed E-state index contributed by atoms with van der Waals surface area (Å²) in [7, 11) is -10.8. The van der Waals surface area contributed by atoms with Gasteiger partial charge in [0.05, 0.1) is 75.0 Å². The van der Waals surface area contributed by atoms with Crippen LogP contribution in [0.25, 0.3) is 0 Å². The van der Waals surface area contributed by atoms with Gasteiger partial charge in [0.25, 0.3) is 31.6 Å². The molecule has 0 bridgehead atoms. The van der Waals surface area contributed by atoms with Crippen LogP contribution in [0.4, 0.5) is 22.7 Å². The van der Waals surface area contributed by atoms with E-state index in [2.05, 4.69) is 43.7 Å². The molecule has 0 heterocycles. The van der Waals surface area contributed by atoms with E-state index in [1.54, 1.807) is 0 Å². The van der Waals surface area contributed by atoms with Gasteiger partial charge in [0.2, 0.25) is 30.1 Å². The number of hydrogen-bond acceptors (Lipinski definition) is 16. The first-order chi connectivity index (χ1) is 60.9. The number of benzene rings is 14. The van der Waals surface area contributed by atoms with Gasteiger partial charge in [0.1, 0.15) is 10.0 Å². The van der Waals surface area contributed by atoms with E-state index in [1.807, 2.05) is 232 Å². The minimum Gasteiger partial charge on any atom is -0.397 e. The number of nitrogens with two attached hydrogens (primary N) is 2. The Morgan fingerprint density at radius 1 is 0.328 bits per heavy atom. The Morgan fingerprint density at radius 3 is 0.859 bits per heavy atom. The monoisotopic (exact) mass is 1990 g/mol. The molecule has 0 aliphatic carbocycles. The van der Waals surface area contributed by atoms with E-state index in [-0.39, 0.29) is 57.6 Å². The minimum atomic E-state index is -4.04. The average molecular weight is 2000 g/mol. The molecule has 0 saturated heterocycles. The van der Waals surface area contributed by atoms with E-state index in [4.69, 9.17) is 127 Å². The van der Waals surface area contributed by atoms with Crippen molar-refractivity contribution >= 4 is 188 Å². The Kier molecular flexibility index (Phi) is 39.5. The van der Waals surface area contributed by atoms with E-state index >= 15 is 0 Å². The second-order valence-corrected chi connectivity index (χ2v) is 37.9. The SMILES string of the molecule is CC.NC(c1ccccc1)c1ccccc1.Nc1cc(S(=O)(=O)NC(c2ccccc2)c2ccccc2)ccc1Cl.O=C(Cl)c1cc(Cl)cc(Cl)c1.O=C(Nc1cc(S(=O)(=O)NC(c2ccccc2)c2ccccc2)ccc1Cl)c1cc(Cl)cc(Cl)c1.O=[N+]([O-])c1cc(S(=O)(=O)Cl)ccc1Cl.O=[N+]([O-])c1cc(S(=O)(=O)NC(c2ccccc2)c2ccccc2)ccc1Cl. The van der Waals surface area contributed by atoms with Crippen molar-refractivity contribution < 1.29 is 53.1 Å². The van der Waals surface area contributed by atoms with Crippen LogP contribution in [0, 0.1) is 20.2 Å². The largest absolute Gasteiger partial charge is 0.397 e. The van der Waals surface area contributed by atoms with Gasteiger partial charge in [-0.3, -0.25) is 29.8 Å². The van der Waals surface area contributed by atoms with E-state index in [9.17, 15) is 63.5 Å². The zero-order valence-electron chi connectivity index (χ0n) is 67.0. The number of anilines is 2. The predicted molar refractivity (Wildman–Crippen MR) is 513 cm³/mol. The Balaban J connectivity index is 0.000000197. The molecule has 14 aromatic carbocycles. The molecule has 0 aromatic heterocycles. The second-order valence-electron chi connectivity index (χ2n) is 26.5. The van der Waals surface area contributed by atoms with Crippen LogP contribution in [-0.2, 0) is 39.1 Å². The van der Waals surface area contributed by atoms with Crippen LogP contribution in [0.1, 0.15) is 103 Å². The summed E-state index contributed by atoms with van der Waals surface area (Å²) in [6.07, 6.45) is 0. The number of nitro benzene ring substituents is 2. The Labute approximate surface area is 790 Å². The Bertz CT molecular complexity index is 6410. The van der Waals surface area contributed by atoms with Crippen LogP contribution in [0.3, 0.4) is 0 Å². The highest BCUT2D eigenvalue weighted by atomic mass is 35.7. The highest BCUT2D eigenvalue weighted by Gasteiger charge is 2.29. The quantitative estimate of drug-likeness (QED) is 0.0150. The lowest BCUT2D eigenvalue weighted by Crippen LogP contribution is -2.29. The summed E-state index contributed by atoms with van der Waals surface area (Å²) in [4.78, 5) is 42.7. The molecule has 22 nitrogen and oxygen atoms in total. The fraction of sp³-hybridized carbons (Fsp3) is 0.0652. The van der Waals surface area contributed by atoms with Gasteiger partial charge in [-0.25, -0.2) is 33.7 Å². The molecule has 0 aliphatic rings. The van der Waals surface area contributed by atoms with Crippen molar-refractivity contribution in [1.82, 2.24) is 14.2 Å². The van der Waals surface area contributed by atoms with Gasteiger partial charge in [-0.05, 0) is 153 Å². The molecule has 0 saturated carbocycles. The number of hydrogen-bond donors (Lipinski definition) is 6. The van der Waals surface area contributed by atoms with Gasteiger partial charge in [-0.15, -0.1) is 0 Å². The summed E-state index contributed by atoms with van der Waals surface area (Å²) in [6.45, 7) is 4.00. The number of carbonyl (C=O) groups excluding carboxylic acids is 2. The number of rotatable bonds is 23. The lowest BCUT2D eigenvalue weighted by atomic mass is 10.00. The number of nitrogen functional groups attached to an aromatic ring is 1. The lowest BCUT2D eigenvalue weighted by molar-refractivity contribution is -0.385. The third-order valence-corrected chi connectivity index (χ3v) is 25.8. The number of carbonyl (C=O) groups is 2. The summed E-state index contributed by atoms with van der Waals surface area (Å²) in [5.41, 5.74) is 18.8. The van der Waals surface area contributed by atoms with Gasteiger partial charge < -0.3 is 16.8 Å². The van der Waals surface area contributed by atoms with Crippen molar-refractivity contribution in [2.24, 2.45) is 5.73 Å². The molecular formula is C92H76Cl10N8O14S4. The summed E-state index contributed by atoms with van der Waals surface area (Å²) >= 11 is 51.7. The number of nitro groups is 2. The van der Waals surface area contributed by atoms with Crippen LogP contribution in [-0.4, -0.2) is 54.7 Å². The summed E-state index contributed by atoms with van der Waals surface area (Å²) in [5, 5.41) is 25.2. The number of amides is 1. The predicted octanol–water partition coefficient (Wildman–Crippen LogP) is 24.6. The van der Waals surface area contributed by atoms with Gasteiger partial charge in [0.15, 0.2) is 0 Å². The fourth-order valence-corrected chi connectivity index (χ4v) is 17.9. The number of nitrogens with zero attached hydrogens (tertiary/aromatic N) is 2. The molecule has 0 unspecified atom stereocenters. The number of nitrogens with one attached hydrogen (secondary N) is 4. The first-order valence-corrected chi connectivity index (χ1v) is 47.9. The normalized spacial score (nSPS) is 11.1. The molecule has 0 radical (unpaired) electrons. The molecule has 662 valence electrons. The van der Waals surface area contributed by atoms with Crippen molar-refractivity contribution in [2.45, 2.75) is 57.6 Å². The van der Waals surface area contributed by atoms with Gasteiger partial charge in [-0.1, -0.05) is 349 Å². The summed E-state index contributed by atoms with van der Waals surface area (Å²) < 4.78 is 108. The Hall–Kier alpha value is -10.6. The number of sulfonamides is 3. The van der Waals surface area contributed by atoms with E-state index in [0.29, 0.717) is 30.7 Å². The minimum absolute atomic E-state index is 0.0163. The van der Waals surface area contributed by atoms with Gasteiger partial charge in [0, 0.05) is 54.0 Å². The van der Waals surface area contributed by atoms with Crippen LogP contribution in [0.15, 0.2) is 371 Å². The standard InChI is InChI=1S/C26H19Cl3N2O3S.C19H15ClN2O4S.C19H17ClN2O2S.C13H13N.C7H3Cl3O.C6H3Cl2NO4S.C2H6/c27-20-13-19(14-21(28)15-20)26(32)30-24-16-22(11-12-23(24)29)35(33,34)31-25(17-7-3-1-4-8-17)18-9-5-2-6-10-18;20-17-12-11-16(13-18(17)22(23)24)27(25,26)21-19(14-7-3-1-4-8-14)15-9-5-2-6-10-15;20-17-12-11-16(13-18(17)21)25(23,24)22-19(14-7-3-1-4-8-14)15-9-5-2-6-10-15;14-13(11-7-3-1-4-8-11)12-9-5-2-6-10-12;8-5-1-4(7(10)11)2-6(9)3-5;7-5-2-1-4(14(8,12)13)3-6(5)9(10)11;1-2/h1-16,25,31H,(H,30,32);1-13,19,21H;1-13,19,22H,21H2;1-10,13H,14H2;1-3H;1-3H;1-2H3. The summed E-state index contributed by atoms with van der Waals surface area (Å²) in [6, 6.07) is 97.6. The maximum atomic E-state index is 13.4. The molecule has 0 atom stereocenters. The second kappa shape index (κ2) is 49.2. The smallest absolute Gasteiger partial charge is 0.289 e. The molecule has 128 heavy (non-hydrogen) atoms. The van der Waals surface area contributed by atoms with Crippen LogP contribution in [0.5, 0.6) is 0 Å². The maximum absolute atomic E-state index is 13.4. The van der Waals surface area contributed by atoms with Crippen molar-refractivity contribution in [3.05, 3.63) is 468 Å². The van der Waals surface area contributed by atoms with Crippen LogP contribution >= 0.6 is 115 Å². The zero-order valence-corrected chi connectivity index (χ0v) is 77.8. The topological polar surface area (TPSA) is 357 Å². The molecule has 14 aromatic rings. The van der Waals surface area contributed by atoms with Crippen LogP contribution in [0.2, 0.25) is 40.2 Å². The van der Waals surface area contributed by atoms with Gasteiger partial charge >= 0.3 is 0 Å². The van der Waals surface area contributed by atoms with Crippen molar-refractivity contribution in [3.8, 4) is 0 Å². The Morgan fingerprint density at radius 2 is 0.578 bits per heavy atom. The first kappa shape index (κ1) is 103. The van der Waals surface area contributed by atoms with Crippen LogP contribution < -0.4 is 31.0 Å². The molecule has 36 heteroatoms. The highest BCUT2D eigenvalue weighted by Crippen LogP contribution is 2.35. The van der Waals surface area contributed by atoms with E-state index in [0.717, 1.165) is 68.8 Å². The van der Waals surface area contributed by atoms with E-state index in [1.165, 1.54) is 84.9 Å². The van der Waals surface area contributed by atoms with Crippen molar-refractivity contribution in [1.29, 1.82) is 0 Å². The summed E-state index contributed by atoms with van der Waals surface area (Å²) in [5.74, 6) is -0.537. The maximum Gasteiger partial charge on any atom is 0.289 e. The zero-order chi connectivity index (χ0) is 93.5. The molecule has 0 aliphatic heterocycles. The molecule has 0 fully saturated rings. The lowest BCUT2D eigenvalue weighted by Gasteiger charge is -2.20. The molecule has 14 rings (SSSR count). The van der Waals surface area contributed by atoms with Crippen molar-refractivity contribution in [2.75, 3.05) is 11.1 Å². The third kappa shape index (κ3) is 31.1. The third-order valence-electron chi connectivity index (χ3n) is 17.7. The first-order valence-electron chi connectivity index (χ1n) is 37.7. The fourth-order valence-electron chi connectivity index (χ4n) is 11.6. The molecule has 0 spiro atoms. The number of halogens is 10. The average Bonchev–Trinajstić information content (AvgIpc) is 0.800. The molecule has 1 amide bonds. The van der Waals surface area contributed by atoms with Gasteiger partial charge in [-0.2, -0.15) is 14.2 Å². The highest BCUT2D eigenvalue weighted by molar-refractivity contribution is 8.13.